The molecule has 1 aromatic heterocycles. The minimum atomic E-state index is 0.729. The molecule has 0 spiro atoms. The molecule has 1 N–H and O–H groups in total. The van der Waals surface area contributed by atoms with E-state index in [2.05, 4.69) is 27.1 Å². The van der Waals surface area contributed by atoms with Crippen LogP contribution in [0.15, 0.2) is 6.20 Å². The largest absolute Gasteiger partial charge is 0.357 e. The first-order chi connectivity index (χ1) is 8.28. The third-order valence-corrected chi connectivity index (χ3v) is 3.58. The maximum atomic E-state index is 4.64. The van der Waals surface area contributed by atoms with Crippen LogP contribution in [0.4, 0.5) is 11.8 Å². The highest BCUT2D eigenvalue weighted by molar-refractivity contribution is 5.51. The van der Waals surface area contributed by atoms with Crippen LogP contribution < -0.4 is 10.2 Å². The zero-order valence-corrected chi connectivity index (χ0v) is 10.6. The average Bonchev–Trinajstić information content (AvgIpc) is 3.19. The van der Waals surface area contributed by atoms with Gasteiger partial charge in [0.05, 0.1) is 0 Å². The van der Waals surface area contributed by atoms with Crippen molar-refractivity contribution in [3.05, 3.63) is 11.8 Å². The standard InChI is InChI=1S/C13H20N4/c1-9-7-15-13(14-2)16-12(9)17(11-5-6-11)8-10-3-4-10/h7,10-11H,3-6,8H2,1-2H3,(H,14,15,16). The van der Waals surface area contributed by atoms with Gasteiger partial charge in [-0.2, -0.15) is 4.98 Å². The SMILES string of the molecule is CNc1ncc(C)c(N(CC2CC2)C2CC2)n1. The molecule has 0 saturated heterocycles. The van der Waals surface area contributed by atoms with Gasteiger partial charge in [-0.25, -0.2) is 4.98 Å². The molecule has 2 saturated carbocycles. The van der Waals surface area contributed by atoms with E-state index in [4.69, 9.17) is 0 Å². The van der Waals surface area contributed by atoms with Crippen molar-refractivity contribution in [1.82, 2.24) is 9.97 Å². The molecule has 4 heteroatoms. The summed E-state index contributed by atoms with van der Waals surface area (Å²) in [6.45, 7) is 3.29. The molecule has 0 radical (unpaired) electrons. The van der Waals surface area contributed by atoms with Crippen molar-refractivity contribution in [2.75, 3.05) is 23.8 Å². The zero-order valence-electron chi connectivity index (χ0n) is 10.6. The predicted octanol–water partition coefficient (Wildman–Crippen LogP) is 2.21. The summed E-state index contributed by atoms with van der Waals surface area (Å²) in [5, 5.41) is 3.03. The van der Waals surface area contributed by atoms with Crippen molar-refractivity contribution < 1.29 is 0 Å². The highest BCUT2D eigenvalue weighted by Crippen LogP contribution is 2.38. The molecule has 92 valence electrons. The van der Waals surface area contributed by atoms with Crippen LogP contribution in [-0.4, -0.2) is 29.6 Å². The Hall–Kier alpha value is -1.32. The van der Waals surface area contributed by atoms with Gasteiger partial charge in [-0.05, 0) is 38.5 Å². The molecule has 0 amide bonds. The second-order valence-corrected chi connectivity index (χ2v) is 5.28. The van der Waals surface area contributed by atoms with Crippen LogP contribution in [-0.2, 0) is 0 Å². The molecule has 0 bridgehead atoms. The van der Waals surface area contributed by atoms with Crippen LogP contribution in [0.25, 0.3) is 0 Å². The summed E-state index contributed by atoms with van der Waals surface area (Å²) in [6.07, 6.45) is 7.37. The van der Waals surface area contributed by atoms with Gasteiger partial charge in [0.1, 0.15) is 5.82 Å². The van der Waals surface area contributed by atoms with Gasteiger partial charge in [0.2, 0.25) is 5.95 Å². The van der Waals surface area contributed by atoms with Gasteiger partial charge in [-0.1, -0.05) is 0 Å². The topological polar surface area (TPSA) is 41.1 Å². The summed E-state index contributed by atoms with van der Waals surface area (Å²) in [5.41, 5.74) is 1.19. The molecule has 1 aromatic rings. The fraction of sp³-hybridized carbons (Fsp3) is 0.692. The lowest BCUT2D eigenvalue weighted by molar-refractivity contribution is 0.705. The number of hydrogen-bond donors (Lipinski definition) is 1. The van der Waals surface area contributed by atoms with Gasteiger partial charge in [0, 0.05) is 31.4 Å². The lowest BCUT2D eigenvalue weighted by Crippen LogP contribution is -2.30. The van der Waals surface area contributed by atoms with Gasteiger partial charge in [0.25, 0.3) is 0 Å². The summed E-state index contributed by atoms with van der Waals surface area (Å²) in [4.78, 5) is 11.4. The number of hydrogen-bond acceptors (Lipinski definition) is 4. The van der Waals surface area contributed by atoms with E-state index < -0.39 is 0 Å². The van der Waals surface area contributed by atoms with Gasteiger partial charge in [-0.15, -0.1) is 0 Å². The first kappa shape index (κ1) is 10.8. The summed E-state index contributed by atoms with van der Waals surface area (Å²) in [5.74, 6) is 2.77. The molecular formula is C13H20N4. The molecule has 0 aliphatic heterocycles. The monoisotopic (exact) mass is 232 g/mol. The number of anilines is 2. The van der Waals surface area contributed by atoms with Crippen molar-refractivity contribution in [3.8, 4) is 0 Å². The van der Waals surface area contributed by atoms with E-state index >= 15 is 0 Å². The van der Waals surface area contributed by atoms with E-state index in [9.17, 15) is 0 Å². The molecule has 2 aliphatic carbocycles. The fourth-order valence-electron chi connectivity index (χ4n) is 2.22. The van der Waals surface area contributed by atoms with Crippen LogP contribution in [0.2, 0.25) is 0 Å². The number of rotatable bonds is 5. The summed E-state index contributed by atoms with van der Waals surface area (Å²) in [7, 11) is 1.87. The number of nitrogens with zero attached hydrogens (tertiary/aromatic N) is 3. The molecule has 2 aliphatic rings. The van der Waals surface area contributed by atoms with E-state index in [1.165, 1.54) is 37.8 Å². The molecule has 1 heterocycles. The predicted molar refractivity (Wildman–Crippen MR) is 69.4 cm³/mol. The first-order valence-electron chi connectivity index (χ1n) is 6.56. The van der Waals surface area contributed by atoms with Gasteiger partial charge in [-0.3, -0.25) is 0 Å². The van der Waals surface area contributed by atoms with E-state index in [0.717, 1.165) is 23.7 Å². The Kier molecular flexibility index (Phi) is 2.65. The van der Waals surface area contributed by atoms with E-state index in [-0.39, 0.29) is 0 Å². The highest BCUT2D eigenvalue weighted by Gasteiger charge is 2.35. The van der Waals surface area contributed by atoms with Gasteiger partial charge < -0.3 is 10.2 Å². The summed E-state index contributed by atoms with van der Waals surface area (Å²) < 4.78 is 0. The molecule has 4 nitrogen and oxygen atoms in total. The molecule has 0 unspecified atom stereocenters. The maximum absolute atomic E-state index is 4.64. The van der Waals surface area contributed by atoms with E-state index in [1.54, 1.807) is 0 Å². The van der Waals surface area contributed by atoms with Crippen molar-refractivity contribution in [2.24, 2.45) is 5.92 Å². The Bertz CT molecular complexity index is 410. The minimum absolute atomic E-state index is 0.729. The number of nitrogens with one attached hydrogen (secondary N) is 1. The number of aryl methyl sites for hydroxylation is 1. The Balaban J connectivity index is 1.87. The Morgan fingerprint density at radius 1 is 1.35 bits per heavy atom. The lowest BCUT2D eigenvalue weighted by atomic mass is 10.3. The van der Waals surface area contributed by atoms with E-state index in [1.807, 2.05) is 13.2 Å². The van der Waals surface area contributed by atoms with Gasteiger partial charge in [0.15, 0.2) is 0 Å². The molecule has 0 atom stereocenters. The van der Waals surface area contributed by atoms with Gasteiger partial charge >= 0.3 is 0 Å². The second-order valence-electron chi connectivity index (χ2n) is 5.28. The third-order valence-electron chi connectivity index (χ3n) is 3.58. The van der Waals surface area contributed by atoms with Crippen LogP contribution >= 0.6 is 0 Å². The molecule has 0 aromatic carbocycles. The fourth-order valence-corrected chi connectivity index (χ4v) is 2.22. The average molecular weight is 232 g/mol. The summed E-state index contributed by atoms with van der Waals surface area (Å²) >= 11 is 0. The lowest BCUT2D eigenvalue weighted by Gasteiger charge is -2.25. The van der Waals surface area contributed by atoms with Crippen molar-refractivity contribution in [3.63, 3.8) is 0 Å². The zero-order chi connectivity index (χ0) is 11.8. The second kappa shape index (κ2) is 4.17. The van der Waals surface area contributed by atoms with Crippen molar-refractivity contribution >= 4 is 11.8 Å². The van der Waals surface area contributed by atoms with Crippen molar-refractivity contribution in [1.29, 1.82) is 0 Å². The third kappa shape index (κ3) is 2.35. The van der Waals surface area contributed by atoms with Crippen LogP contribution in [0.1, 0.15) is 31.2 Å². The Labute approximate surface area is 102 Å². The smallest absolute Gasteiger partial charge is 0.224 e. The quantitative estimate of drug-likeness (QED) is 0.845. The molecule has 17 heavy (non-hydrogen) atoms. The van der Waals surface area contributed by atoms with E-state index in [0.29, 0.717) is 0 Å². The summed E-state index contributed by atoms with van der Waals surface area (Å²) in [6, 6.07) is 0.730. The van der Waals surface area contributed by atoms with Crippen molar-refractivity contribution in [2.45, 2.75) is 38.6 Å². The molecule has 2 fully saturated rings. The normalized spacial score (nSPS) is 19.2. The minimum Gasteiger partial charge on any atom is -0.357 e. The molecular weight excluding hydrogens is 212 g/mol. The highest BCUT2D eigenvalue weighted by atomic mass is 15.3. The maximum Gasteiger partial charge on any atom is 0.224 e. The number of aromatic nitrogens is 2. The first-order valence-corrected chi connectivity index (χ1v) is 6.56. The molecule has 3 rings (SSSR count). The Morgan fingerprint density at radius 2 is 2.12 bits per heavy atom. The Morgan fingerprint density at radius 3 is 2.71 bits per heavy atom. The van der Waals surface area contributed by atoms with Crippen LogP contribution in [0.3, 0.4) is 0 Å². The van der Waals surface area contributed by atoms with Crippen LogP contribution in [0, 0.1) is 12.8 Å². The van der Waals surface area contributed by atoms with Crippen LogP contribution in [0.5, 0.6) is 0 Å².